The number of nitro benzene ring substituents is 1. The number of benzene rings is 1. The molecule has 7 heteroatoms. The van der Waals surface area contributed by atoms with Crippen LogP contribution in [0.1, 0.15) is 28.9 Å². The van der Waals surface area contributed by atoms with E-state index >= 15 is 0 Å². The summed E-state index contributed by atoms with van der Waals surface area (Å²) in [6, 6.07) is 7.56. The van der Waals surface area contributed by atoms with Crippen LogP contribution in [0.2, 0.25) is 5.02 Å². The molecule has 1 aliphatic heterocycles. The number of rotatable bonds is 2. The number of hydrogen-bond donors (Lipinski definition) is 0. The van der Waals surface area contributed by atoms with Crippen LogP contribution >= 0.6 is 11.6 Å². The Labute approximate surface area is 137 Å². The zero-order chi connectivity index (χ0) is 16.4. The second kappa shape index (κ2) is 6.34. The molecular formula is C16H14ClN3O3. The number of hydrogen-bond acceptors (Lipinski definition) is 4. The van der Waals surface area contributed by atoms with Gasteiger partial charge in [0.05, 0.1) is 26.9 Å². The minimum absolute atomic E-state index is 0.0823. The van der Waals surface area contributed by atoms with E-state index in [1.807, 2.05) is 6.07 Å². The molecule has 1 aromatic carbocycles. The smallest absolute Gasteiger partial charge is 0.270 e. The number of halogens is 1. The van der Waals surface area contributed by atoms with Gasteiger partial charge in [-0.25, -0.2) is 0 Å². The van der Waals surface area contributed by atoms with Gasteiger partial charge in [0.15, 0.2) is 0 Å². The number of aromatic nitrogens is 1. The standard InChI is InChI=1S/C16H14ClN3O3/c17-13-10-11(20(22)23)6-7-12(13)16(21)19-9-2-1-4-14-15(19)5-3-8-18-14/h3,5-8,10H,1-2,4,9H2. The van der Waals surface area contributed by atoms with Gasteiger partial charge < -0.3 is 4.90 Å². The molecule has 0 saturated carbocycles. The van der Waals surface area contributed by atoms with Gasteiger partial charge in [0.25, 0.3) is 11.6 Å². The summed E-state index contributed by atoms with van der Waals surface area (Å²) >= 11 is 6.09. The molecule has 0 atom stereocenters. The monoisotopic (exact) mass is 331 g/mol. The third-order valence-corrected chi connectivity index (χ3v) is 4.15. The lowest BCUT2D eigenvalue weighted by Crippen LogP contribution is -2.32. The first-order valence-corrected chi connectivity index (χ1v) is 7.65. The van der Waals surface area contributed by atoms with Gasteiger partial charge in [-0.2, -0.15) is 0 Å². The molecule has 1 aromatic heterocycles. The molecule has 0 N–H and O–H groups in total. The van der Waals surface area contributed by atoms with Gasteiger partial charge in [0.2, 0.25) is 0 Å². The van der Waals surface area contributed by atoms with Crippen molar-refractivity contribution in [2.75, 3.05) is 11.4 Å². The number of pyridine rings is 1. The summed E-state index contributed by atoms with van der Waals surface area (Å²) in [5, 5.41) is 10.9. The SMILES string of the molecule is O=C(c1ccc([N+](=O)[O-])cc1Cl)N1CCCCc2ncccc21. The molecule has 0 aliphatic carbocycles. The molecule has 118 valence electrons. The highest BCUT2D eigenvalue weighted by Crippen LogP contribution is 2.29. The number of anilines is 1. The fourth-order valence-electron chi connectivity index (χ4n) is 2.70. The lowest BCUT2D eigenvalue weighted by molar-refractivity contribution is -0.384. The van der Waals surface area contributed by atoms with Crippen molar-refractivity contribution in [1.29, 1.82) is 0 Å². The van der Waals surface area contributed by atoms with Crippen LogP contribution in [0.3, 0.4) is 0 Å². The first-order chi connectivity index (χ1) is 11.1. The molecule has 1 aliphatic rings. The van der Waals surface area contributed by atoms with Crippen molar-refractivity contribution in [2.24, 2.45) is 0 Å². The Hall–Kier alpha value is -2.47. The van der Waals surface area contributed by atoms with Gasteiger partial charge in [-0.3, -0.25) is 19.9 Å². The summed E-state index contributed by atoms with van der Waals surface area (Å²) in [6.07, 6.45) is 4.37. The maximum atomic E-state index is 12.9. The van der Waals surface area contributed by atoms with Crippen molar-refractivity contribution in [1.82, 2.24) is 4.98 Å². The van der Waals surface area contributed by atoms with Crippen LogP contribution in [0.15, 0.2) is 36.5 Å². The number of non-ortho nitro benzene ring substituents is 1. The predicted octanol–water partition coefficient (Wildman–Crippen LogP) is 3.63. The number of fused-ring (bicyclic) bond motifs is 1. The molecule has 0 radical (unpaired) electrons. The van der Waals surface area contributed by atoms with Crippen molar-refractivity contribution in [2.45, 2.75) is 19.3 Å². The fraction of sp³-hybridized carbons (Fsp3) is 0.250. The van der Waals surface area contributed by atoms with E-state index in [0.717, 1.165) is 30.6 Å². The molecule has 0 bridgehead atoms. The van der Waals surface area contributed by atoms with Gasteiger partial charge in [-0.15, -0.1) is 0 Å². The second-order valence-corrected chi connectivity index (χ2v) is 5.71. The molecule has 0 saturated heterocycles. The highest BCUT2D eigenvalue weighted by Gasteiger charge is 2.25. The van der Waals surface area contributed by atoms with Crippen molar-refractivity contribution >= 4 is 28.9 Å². The van der Waals surface area contributed by atoms with E-state index in [1.54, 1.807) is 17.2 Å². The Balaban J connectivity index is 1.99. The van der Waals surface area contributed by atoms with Crippen LogP contribution in [-0.4, -0.2) is 22.4 Å². The van der Waals surface area contributed by atoms with Crippen LogP contribution in [0.4, 0.5) is 11.4 Å². The molecule has 23 heavy (non-hydrogen) atoms. The zero-order valence-electron chi connectivity index (χ0n) is 12.2. The van der Waals surface area contributed by atoms with Crippen LogP contribution in [0.25, 0.3) is 0 Å². The lowest BCUT2D eigenvalue weighted by Gasteiger charge is -2.22. The molecular weight excluding hydrogens is 318 g/mol. The van der Waals surface area contributed by atoms with Gasteiger partial charge in [-0.05, 0) is 37.5 Å². The third-order valence-electron chi connectivity index (χ3n) is 3.84. The first kappa shape index (κ1) is 15.4. The summed E-state index contributed by atoms with van der Waals surface area (Å²) in [5.41, 5.74) is 1.79. The largest absolute Gasteiger partial charge is 0.307 e. The van der Waals surface area contributed by atoms with Gasteiger partial charge in [0.1, 0.15) is 0 Å². The second-order valence-electron chi connectivity index (χ2n) is 5.30. The zero-order valence-corrected chi connectivity index (χ0v) is 13.0. The van der Waals surface area contributed by atoms with E-state index in [2.05, 4.69) is 4.98 Å². The lowest BCUT2D eigenvalue weighted by atomic mass is 10.1. The van der Waals surface area contributed by atoms with E-state index in [0.29, 0.717) is 6.54 Å². The summed E-state index contributed by atoms with van der Waals surface area (Å²) < 4.78 is 0. The minimum Gasteiger partial charge on any atom is -0.307 e. The average Bonchev–Trinajstić information content (AvgIpc) is 2.76. The number of aryl methyl sites for hydroxylation is 1. The molecule has 2 aromatic rings. The van der Waals surface area contributed by atoms with Crippen molar-refractivity contribution in [3.63, 3.8) is 0 Å². The summed E-state index contributed by atoms with van der Waals surface area (Å²) in [5.74, 6) is -0.263. The van der Waals surface area contributed by atoms with E-state index in [4.69, 9.17) is 11.6 Å². The van der Waals surface area contributed by atoms with Crippen LogP contribution < -0.4 is 4.90 Å². The number of amides is 1. The number of nitro groups is 1. The Bertz CT molecular complexity index is 779. The Kier molecular flexibility index (Phi) is 4.25. The van der Waals surface area contributed by atoms with Crippen LogP contribution in [0.5, 0.6) is 0 Å². The Morgan fingerprint density at radius 3 is 2.87 bits per heavy atom. The molecule has 2 heterocycles. The topological polar surface area (TPSA) is 76.3 Å². The maximum absolute atomic E-state index is 12.9. The number of nitrogens with zero attached hydrogens (tertiary/aromatic N) is 3. The summed E-state index contributed by atoms with van der Waals surface area (Å²) in [6.45, 7) is 0.574. The maximum Gasteiger partial charge on any atom is 0.270 e. The van der Waals surface area contributed by atoms with Crippen molar-refractivity contribution in [3.8, 4) is 0 Å². The predicted molar refractivity (Wildman–Crippen MR) is 87.0 cm³/mol. The molecule has 0 unspecified atom stereocenters. The highest BCUT2D eigenvalue weighted by atomic mass is 35.5. The van der Waals surface area contributed by atoms with Gasteiger partial charge in [0, 0.05) is 24.9 Å². The normalized spacial score (nSPS) is 14.0. The Morgan fingerprint density at radius 1 is 1.30 bits per heavy atom. The molecule has 6 nitrogen and oxygen atoms in total. The van der Waals surface area contributed by atoms with Crippen molar-refractivity contribution in [3.05, 3.63) is 62.9 Å². The summed E-state index contributed by atoms with van der Waals surface area (Å²) in [4.78, 5) is 29.1. The molecule has 0 fully saturated rings. The molecule has 0 spiro atoms. The Morgan fingerprint density at radius 2 is 2.13 bits per heavy atom. The average molecular weight is 332 g/mol. The van der Waals surface area contributed by atoms with E-state index in [1.165, 1.54) is 18.2 Å². The van der Waals surface area contributed by atoms with E-state index < -0.39 is 4.92 Å². The third kappa shape index (κ3) is 3.03. The van der Waals surface area contributed by atoms with E-state index in [9.17, 15) is 14.9 Å². The summed E-state index contributed by atoms with van der Waals surface area (Å²) in [7, 11) is 0. The minimum atomic E-state index is -0.536. The number of carbonyl (C=O) groups excluding carboxylic acids is 1. The van der Waals surface area contributed by atoms with Gasteiger partial charge in [-0.1, -0.05) is 11.6 Å². The van der Waals surface area contributed by atoms with Gasteiger partial charge >= 0.3 is 0 Å². The van der Waals surface area contributed by atoms with Crippen molar-refractivity contribution < 1.29 is 9.72 Å². The number of carbonyl (C=O) groups is 1. The first-order valence-electron chi connectivity index (χ1n) is 7.27. The van der Waals surface area contributed by atoms with Crippen LogP contribution in [0, 0.1) is 10.1 Å². The fourth-order valence-corrected chi connectivity index (χ4v) is 2.95. The van der Waals surface area contributed by atoms with Crippen LogP contribution in [-0.2, 0) is 6.42 Å². The molecule has 1 amide bonds. The highest BCUT2D eigenvalue weighted by molar-refractivity contribution is 6.34. The van der Waals surface area contributed by atoms with E-state index in [-0.39, 0.29) is 22.2 Å². The molecule has 3 rings (SSSR count). The quantitative estimate of drug-likeness (QED) is 0.622.